The lowest BCUT2D eigenvalue weighted by Gasteiger charge is -2.36. The lowest BCUT2D eigenvalue weighted by atomic mass is 10.1. The van der Waals surface area contributed by atoms with Crippen LogP contribution in [0.2, 0.25) is 0 Å². The van der Waals surface area contributed by atoms with Gasteiger partial charge in [-0.05, 0) is 43.9 Å². The van der Waals surface area contributed by atoms with Crippen molar-refractivity contribution in [3.63, 3.8) is 0 Å². The van der Waals surface area contributed by atoms with E-state index in [2.05, 4.69) is 39.4 Å². The molecule has 7 nitrogen and oxygen atoms in total. The summed E-state index contributed by atoms with van der Waals surface area (Å²) in [6.45, 7) is 3.08. The molecule has 146 valence electrons. The van der Waals surface area contributed by atoms with E-state index >= 15 is 0 Å². The molecule has 1 aliphatic heterocycles. The molecule has 1 amide bonds. The minimum absolute atomic E-state index is 0.111. The maximum atomic E-state index is 13.3. The summed E-state index contributed by atoms with van der Waals surface area (Å²) >= 11 is 0. The molecule has 2 aromatic heterocycles. The van der Waals surface area contributed by atoms with Crippen LogP contribution in [0, 0.1) is 5.82 Å². The van der Waals surface area contributed by atoms with Gasteiger partial charge in [0, 0.05) is 32.4 Å². The maximum Gasteiger partial charge on any atom is 0.253 e. The first-order valence-electron chi connectivity index (χ1n) is 9.27. The minimum Gasteiger partial charge on any atom is -0.348 e. The SMILES string of the molecule is CN1CCN(C)C(c2nnc3ccc(C(=O)NCc4cccc(F)c4)cn23)C1. The number of fused-ring (bicyclic) bond motifs is 1. The van der Waals surface area contributed by atoms with Gasteiger partial charge in [-0.1, -0.05) is 12.1 Å². The van der Waals surface area contributed by atoms with E-state index in [1.54, 1.807) is 30.5 Å². The third-order valence-electron chi connectivity index (χ3n) is 5.18. The number of likely N-dealkylation sites (N-methyl/N-ethyl adjacent to an activating group) is 2. The molecule has 1 fully saturated rings. The van der Waals surface area contributed by atoms with E-state index in [4.69, 9.17) is 0 Å². The second-order valence-corrected chi connectivity index (χ2v) is 7.28. The smallest absolute Gasteiger partial charge is 0.253 e. The Kier molecular flexibility index (Phi) is 5.06. The fourth-order valence-corrected chi connectivity index (χ4v) is 3.49. The van der Waals surface area contributed by atoms with Gasteiger partial charge in [0.2, 0.25) is 0 Å². The van der Waals surface area contributed by atoms with E-state index < -0.39 is 0 Å². The van der Waals surface area contributed by atoms with Crippen molar-refractivity contribution in [3.05, 3.63) is 65.4 Å². The quantitative estimate of drug-likeness (QED) is 0.744. The van der Waals surface area contributed by atoms with E-state index in [-0.39, 0.29) is 24.3 Å². The number of rotatable bonds is 4. The van der Waals surface area contributed by atoms with Gasteiger partial charge in [-0.2, -0.15) is 0 Å². The van der Waals surface area contributed by atoms with E-state index in [0.717, 1.165) is 25.5 Å². The standard InChI is InChI=1S/C20H23FN6O/c1-25-8-9-26(2)17(13-25)19-24-23-18-7-6-15(12-27(18)19)20(28)22-11-14-4-3-5-16(21)10-14/h3-7,10,12,17H,8-9,11,13H2,1-2H3,(H,22,28). The molecule has 0 radical (unpaired) electrons. The fraction of sp³-hybridized carbons (Fsp3) is 0.350. The van der Waals surface area contributed by atoms with Crippen molar-refractivity contribution < 1.29 is 9.18 Å². The summed E-state index contributed by atoms with van der Waals surface area (Å²) in [6.07, 6.45) is 1.77. The molecule has 1 N–H and O–H groups in total. The van der Waals surface area contributed by atoms with Gasteiger partial charge in [-0.15, -0.1) is 10.2 Å². The highest BCUT2D eigenvalue weighted by Crippen LogP contribution is 2.22. The van der Waals surface area contributed by atoms with E-state index in [9.17, 15) is 9.18 Å². The van der Waals surface area contributed by atoms with Crippen molar-refractivity contribution in [1.82, 2.24) is 29.7 Å². The Morgan fingerprint density at radius 1 is 1.21 bits per heavy atom. The van der Waals surface area contributed by atoms with Gasteiger partial charge in [0.05, 0.1) is 11.6 Å². The monoisotopic (exact) mass is 382 g/mol. The molecule has 0 saturated carbocycles. The Morgan fingerprint density at radius 3 is 2.89 bits per heavy atom. The van der Waals surface area contributed by atoms with Crippen molar-refractivity contribution in [2.45, 2.75) is 12.6 Å². The highest BCUT2D eigenvalue weighted by atomic mass is 19.1. The average molecular weight is 382 g/mol. The molecule has 1 unspecified atom stereocenters. The number of carbonyl (C=O) groups excluding carboxylic acids is 1. The summed E-state index contributed by atoms with van der Waals surface area (Å²) in [7, 11) is 4.17. The topological polar surface area (TPSA) is 65.8 Å². The molecule has 3 aromatic rings. The predicted octanol–water partition coefficient (Wildman–Crippen LogP) is 1.72. The predicted molar refractivity (Wildman–Crippen MR) is 103 cm³/mol. The number of benzene rings is 1. The average Bonchev–Trinajstić information content (AvgIpc) is 3.11. The van der Waals surface area contributed by atoms with Gasteiger partial charge in [0.25, 0.3) is 5.91 Å². The highest BCUT2D eigenvalue weighted by molar-refractivity contribution is 5.94. The zero-order valence-corrected chi connectivity index (χ0v) is 16.0. The third-order valence-corrected chi connectivity index (χ3v) is 5.18. The highest BCUT2D eigenvalue weighted by Gasteiger charge is 2.28. The third kappa shape index (κ3) is 3.74. The number of aromatic nitrogens is 3. The molecule has 0 spiro atoms. The van der Waals surface area contributed by atoms with Crippen LogP contribution >= 0.6 is 0 Å². The number of nitrogens with one attached hydrogen (secondary N) is 1. The Bertz CT molecular complexity index is 1000. The molecule has 4 rings (SSSR count). The van der Waals surface area contributed by atoms with Gasteiger partial charge in [-0.3, -0.25) is 14.1 Å². The van der Waals surface area contributed by atoms with Crippen LogP contribution in [0.1, 0.15) is 27.8 Å². The van der Waals surface area contributed by atoms with Crippen molar-refractivity contribution in [2.75, 3.05) is 33.7 Å². The molecule has 3 heterocycles. The second-order valence-electron chi connectivity index (χ2n) is 7.28. The minimum atomic E-state index is -0.316. The van der Waals surface area contributed by atoms with Crippen molar-refractivity contribution in [3.8, 4) is 0 Å². The van der Waals surface area contributed by atoms with E-state index in [1.807, 2.05) is 4.40 Å². The Balaban J connectivity index is 1.56. The second kappa shape index (κ2) is 7.65. The molecule has 0 bridgehead atoms. The van der Waals surface area contributed by atoms with Crippen LogP contribution < -0.4 is 5.32 Å². The summed E-state index contributed by atoms with van der Waals surface area (Å²) in [5.41, 5.74) is 1.93. The number of pyridine rings is 1. The summed E-state index contributed by atoms with van der Waals surface area (Å²) < 4.78 is 15.2. The molecule has 0 aliphatic carbocycles. The van der Waals surface area contributed by atoms with Crippen LogP contribution in [0.15, 0.2) is 42.6 Å². The van der Waals surface area contributed by atoms with Gasteiger partial charge in [0.1, 0.15) is 5.82 Å². The van der Waals surface area contributed by atoms with Crippen LogP contribution in [0.4, 0.5) is 4.39 Å². The lowest BCUT2D eigenvalue weighted by molar-refractivity contribution is 0.0950. The molecular weight excluding hydrogens is 359 g/mol. The van der Waals surface area contributed by atoms with Crippen molar-refractivity contribution in [1.29, 1.82) is 0 Å². The Hall–Kier alpha value is -2.84. The Morgan fingerprint density at radius 2 is 2.07 bits per heavy atom. The van der Waals surface area contributed by atoms with Gasteiger partial charge in [-0.25, -0.2) is 4.39 Å². The number of hydrogen-bond donors (Lipinski definition) is 1. The largest absolute Gasteiger partial charge is 0.348 e. The normalized spacial score (nSPS) is 18.5. The molecule has 28 heavy (non-hydrogen) atoms. The first-order chi connectivity index (χ1) is 13.5. The molecule has 8 heteroatoms. The van der Waals surface area contributed by atoms with Crippen LogP contribution in [0.3, 0.4) is 0 Å². The molecule has 1 saturated heterocycles. The van der Waals surface area contributed by atoms with Gasteiger partial charge < -0.3 is 10.2 Å². The molecule has 1 aliphatic rings. The van der Waals surface area contributed by atoms with Crippen LogP contribution in [-0.4, -0.2) is 64.0 Å². The molecule has 1 aromatic carbocycles. The van der Waals surface area contributed by atoms with E-state index in [0.29, 0.717) is 16.8 Å². The molecule has 1 atom stereocenters. The number of amides is 1. The van der Waals surface area contributed by atoms with E-state index in [1.165, 1.54) is 12.1 Å². The van der Waals surface area contributed by atoms with Crippen LogP contribution in [0.25, 0.3) is 5.65 Å². The van der Waals surface area contributed by atoms with Crippen molar-refractivity contribution >= 4 is 11.6 Å². The number of piperazine rings is 1. The summed E-state index contributed by atoms with van der Waals surface area (Å²) in [6, 6.07) is 9.83. The number of hydrogen-bond acceptors (Lipinski definition) is 5. The number of nitrogens with zero attached hydrogens (tertiary/aromatic N) is 5. The van der Waals surface area contributed by atoms with Crippen LogP contribution in [0.5, 0.6) is 0 Å². The van der Waals surface area contributed by atoms with Gasteiger partial charge >= 0.3 is 0 Å². The number of halogens is 1. The lowest BCUT2D eigenvalue weighted by Crippen LogP contribution is -2.45. The zero-order valence-electron chi connectivity index (χ0n) is 16.0. The first-order valence-corrected chi connectivity index (χ1v) is 9.27. The fourth-order valence-electron chi connectivity index (χ4n) is 3.49. The van der Waals surface area contributed by atoms with Gasteiger partial charge in [0.15, 0.2) is 11.5 Å². The maximum absolute atomic E-state index is 13.3. The zero-order chi connectivity index (χ0) is 19.7. The summed E-state index contributed by atoms with van der Waals surface area (Å²) in [5.74, 6) is 0.285. The summed E-state index contributed by atoms with van der Waals surface area (Å²) in [5, 5.41) is 11.5. The van der Waals surface area contributed by atoms with Crippen LogP contribution in [-0.2, 0) is 6.54 Å². The Labute approximate surface area is 162 Å². The van der Waals surface area contributed by atoms with Crippen molar-refractivity contribution in [2.24, 2.45) is 0 Å². The first kappa shape index (κ1) is 18.5. The summed E-state index contributed by atoms with van der Waals surface area (Å²) in [4.78, 5) is 17.1. The number of carbonyl (C=O) groups is 1. The molecular formula is C20H23FN6O.